The Hall–Kier alpha value is -1.40. The van der Waals surface area contributed by atoms with E-state index in [1.807, 2.05) is 18.2 Å². The van der Waals surface area contributed by atoms with Crippen LogP contribution in [0.15, 0.2) is 46.7 Å². The Morgan fingerprint density at radius 1 is 1.33 bits per heavy atom. The lowest BCUT2D eigenvalue weighted by Crippen LogP contribution is -2.74. The van der Waals surface area contributed by atoms with E-state index >= 15 is 0 Å². The number of likely N-dealkylation sites (tertiary alicyclic amines) is 1. The number of piperidine rings is 1. The highest BCUT2D eigenvalue weighted by molar-refractivity contribution is 6.31. The van der Waals surface area contributed by atoms with Crippen molar-refractivity contribution in [2.24, 2.45) is 17.8 Å². The molecular weight excluding hydrogens is 398 g/mol. The van der Waals surface area contributed by atoms with E-state index in [2.05, 4.69) is 36.2 Å². The molecule has 1 unspecified atom stereocenters. The van der Waals surface area contributed by atoms with Crippen LogP contribution < -0.4 is 10.8 Å². The van der Waals surface area contributed by atoms with E-state index in [-0.39, 0.29) is 17.9 Å². The van der Waals surface area contributed by atoms with Gasteiger partial charge in [-0.15, -0.1) is 0 Å². The number of quaternary nitrogens is 1. The zero-order valence-corrected chi connectivity index (χ0v) is 19.0. The van der Waals surface area contributed by atoms with Crippen LogP contribution in [0.25, 0.3) is 0 Å². The van der Waals surface area contributed by atoms with Crippen LogP contribution in [-0.2, 0) is 4.79 Å². The first-order valence-corrected chi connectivity index (χ1v) is 11.8. The Labute approximate surface area is 185 Å². The predicted molar refractivity (Wildman–Crippen MR) is 122 cm³/mol. The molecule has 1 aliphatic heterocycles. The Kier molecular flexibility index (Phi) is 8.75. The molecule has 1 fully saturated rings. The summed E-state index contributed by atoms with van der Waals surface area (Å²) >= 11 is 6.05. The van der Waals surface area contributed by atoms with Gasteiger partial charge in [0.25, 0.3) is 0 Å². The fourth-order valence-electron chi connectivity index (χ4n) is 4.77. The van der Waals surface area contributed by atoms with Crippen LogP contribution >= 0.6 is 11.6 Å². The minimum absolute atomic E-state index is 0.150. The summed E-state index contributed by atoms with van der Waals surface area (Å²) in [6, 6.07) is -0.150. The molecule has 0 aromatic rings. The minimum atomic E-state index is -0.150. The fourth-order valence-corrected chi connectivity index (χ4v) is 4.93. The van der Waals surface area contributed by atoms with E-state index in [4.69, 9.17) is 11.6 Å². The van der Waals surface area contributed by atoms with Crippen LogP contribution in [0.4, 0.5) is 0 Å². The second-order valence-corrected chi connectivity index (χ2v) is 9.54. The van der Waals surface area contributed by atoms with Gasteiger partial charge in [0, 0.05) is 18.1 Å². The summed E-state index contributed by atoms with van der Waals surface area (Å²) in [5.41, 5.74) is 2.99. The molecule has 3 N–H and O–H groups in total. The van der Waals surface area contributed by atoms with Gasteiger partial charge < -0.3 is 20.9 Å². The molecule has 0 spiro atoms. The maximum absolute atomic E-state index is 13.2. The van der Waals surface area contributed by atoms with E-state index in [0.717, 1.165) is 74.4 Å². The molecule has 30 heavy (non-hydrogen) atoms. The first-order chi connectivity index (χ1) is 14.5. The van der Waals surface area contributed by atoms with Crippen molar-refractivity contribution < 1.29 is 10.3 Å². The lowest BCUT2D eigenvalue weighted by Gasteiger charge is -2.38. The van der Waals surface area contributed by atoms with Gasteiger partial charge in [0.1, 0.15) is 5.70 Å². The third kappa shape index (κ3) is 6.30. The summed E-state index contributed by atoms with van der Waals surface area (Å²) in [6.07, 6.45) is 16.3. The summed E-state index contributed by atoms with van der Waals surface area (Å²) in [4.78, 5) is 15.3. The van der Waals surface area contributed by atoms with E-state index in [0.29, 0.717) is 11.8 Å². The van der Waals surface area contributed by atoms with Crippen molar-refractivity contribution in [2.45, 2.75) is 58.4 Å². The molecule has 166 valence electrons. The number of rotatable bonds is 8. The predicted octanol–water partition coefficient (Wildman–Crippen LogP) is 3.59. The third-order valence-electron chi connectivity index (χ3n) is 6.64. The number of allylic oxidation sites excluding steroid dienone is 6. The smallest absolute Gasteiger partial charge is 0.239 e. The highest BCUT2D eigenvalue weighted by Gasteiger charge is 2.32. The second-order valence-electron chi connectivity index (χ2n) is 9.10. The Balaban J connectivity index is 1.47. The summed E-state index contributed by atoms with van der Waals surface area (Å²) in [7, 11) is 0. The van der Waals surface area contributed by atoms with Crippen LogP contribution in [0.1, 0.15) is 52.4 Å². The standard InChI is InChI=1S/C24H36ClN3O2/c1-17(2)23(26-13-10-18-4-3-5-22(16-18)27-30)24(29)28-14-11-20(12-15-28)19-6-8-21(25)9-7-19/h5-6,8-9,16-17,19-20,23,26H,3-4,7,10-15,27H2,1-2H3/t19?,23-/m1/s1. The van der Waals surface area contributed by atoms with Gasteiger partial charge >= 0.3 is 0 Å². The molecule has 1 heterocycles. The van der Waals surface area contributed by atoms with Crippen LogP contribution in [0, 0.1) is 23.0 Å². The largest absolute Gasteiger partial charge is 0.630 e. The maximum Gasteiger partial charge on any atom is 0.239 e. The Morgan fingerprint density at radius 2 is 2.10 bits per heavy atom. The summed E-state index contributed by atoms with van der Waals surface area (Å²) in [6.45, 7) is 6.67. The fraction of sp³-hybridized carbons (Fsp3) is 0.625. The van der Waals surface area contributed by atoms with Crippen molar-refractivity contribution in [1.82, 2.24) is 10.2 Å². The number of carbonyl (C=O) groups excluding carboxylic acids is 1. The lowest BCUT2D eigenvalue weighted by molar-refractivity contribution is -0.530. The highest BCUT2D eigenvalue weighted by Crippen LogP contribution is 2.32. The number of nitrogens with two attached hydrogens (primary N) is 1. The van der Waals surface area contributed by atoms with Crippen molar-refractivity contribution in [3.05, 3.63) is 51.9 Å². The van der Waals surface area contributed by atoms with E-state index < -0.39 is 0 Å². The zero-order chi connectivity index (χ0) is 21.5. The number of amides is 1. The molecule has 1 saturated heterocycles. The zero-order valence-electron chi connectivity index (χ0n) is 18.3. The van der Waals surface area contributed by atoms with E-state index in [9.17, 15) is 10.0 Å². The first kappa shape index (κ1) is 23.3. The molecule has 6 heteroatoms. The summed E-state index contributed by atoms with van der Waals surface area (Å²) < 4.78 is 0. The molecule has 5 nitrogen and oxygen atoms in total. The molecule has 2 aliphatic carbocycles. The molecule has 2 atom stereocenters. The maximum atomic E-state index is 13.2. The SMILES string of the molecule is CC(C)[C@@H](NCCC1=CC([NH2+][O-])=CCC1)C(=O)N1CCC(C2C=CC(Cl)=CC2)CC1. The van der Waals surface area contributed by atoms with Gasteiger partial charge in [0.15, 0.2) is 0 Å². The van der Waals surface area contributed by atoms with Crippen molar-refractivity contribution in [2.75, 3.05) is 19.6 Å². The molecule has 0 aromatic heterocycles. The van der Waals surface area contributed by atoms with Gasteiger partial charge in [0.05, 0.1) is 6.04 Å². The molecule has 0 radical (unpaired) electrons. The summed E-state index contributed by atoms with van der Waals surface area (Å²) in [5.74, 6) is 1.67. The van der Waals surface area contributed by atoms with Crippen molar-refractivity contribution >= 4 is 17.5 Å². The third-order valence-corrected chi connectivity index (χ3v) is 6.92. The van der Waals surface area contributed by atoms with Gasteiger partial charge in [-0.2, -0.15) is 0 Å². The molecule has 3 rings (SSSR count). The van der Waals surface area contributed by atoms with Crippen molar-refractivity contribution in [3.8, 4) is 0 Å². The van der Waals surface area contributed by atoms with E-state index in [1.165, 1.54) is 5.57 Å². The monoisotopic (exact) mass is 433 g/mol. The molecule has 3 aliphatic rings. The second kappa shape index (κ2) is 11.3. The lowest BCUT2D eigenvalue weighted by atomic mass is 9.80. The number of nitrogens with one attached hydrogen (secondary N) is 1. The van der Waals surface area contributed by atoms with Crippen LogP contribution in [0.5, 0.6) is 0 Å². The van der Waals surface area contributed by atoms with Crippen molar-refractivity contribution in [3.63, 3.8) is 0 Å². The quantitative estimate of drug-likeness (QED) is 0.574. The first-order valence-electron chi connectivity index (χ1n) is 11.4. The van der Waals surface area contributed by atoms with Gasteiger partial charge in [0.2, 0.25) is 5.91 Å². The highest BCUT2D eigenvalue weighted by atomic mass is 35.5. The molecule has 1 amide bonds. The molecule has 0 saturated carbocycles. The molecule has 0 aromatic carbocycles. The number of hydrogen-bond acceptors (Lipinski definition) is 3. The van der Waals surface area contributed by atoms with Gasteiger partial charge in [-0.05, 0) is 81.1 Å². The van der Waals surface area contributed by atoms with Crippen LogP contribution in [0.3, 0.4) is 0 Å². The number of carbonyl (C=O) groups is 1. The van der Waals surface area contributed by atoms with Gasteiger partial charge in [-0.3, -0.25) is 4.79 Å². The van der Waals surface area contributed by atoms with Crippen LogP contribution in [0.2, 0.25) is 0 Å². The minimum Gasteiger partial charge on any atom is -0.630 e. The van der Waals surface area contributed by atoms with Crippen LogP contribution in [-0.4, -0.2) is 36.5 Å². The normalized spacial score (nSPS) is 23.8. The number of halogens is 1. The number of nitrogens with zero attached hydrogens (tertiary/aromatic N) is 1. The van der Waals surface area contributed by atoms with Gasteiger partial charge in [-0.25, -0.2) is 0 Å². The summed E-state index contributed by atoms with van der Waals surface area (Å²) in [5, 5.41) is 15.3. The molecule has 0 bridgehead atoms. The Morgan fingerprint density at radius 3 is 2.73 bits per heavy atom. The average Bonchev–Trinajstić information content (AvgIpc) is 2.77. The van der Waals surface area contributed by atoms with E-state index in [1.54, 1.807) is 0 Å². The number of hydrogen-bond donors (Lipinski definition) is 2. The Bertz CT molecular complexity index is 718. The number of hydroxylamine groups is 1. The average molecular weight is 434 g/mol. The van der Waals surface area contributed by atoms with Crippen molar-refractivity contribution in [1.29, 1.82) is 0 Å². The molecular formula is C24H36ClN3O2. The topological polar surface area (TPSA) is 72.0 Å². The van der Waals surface area contributed by atoms with Gasteiger partial charge in [-0.1, -0.05) is 43.2 Å².